The lowest BCUT2D eigenvalue weighted by atomic mass is 9.87. The summed E-state index contributed by atoms with van der Waals surface area (Å²) in [5.74, 6) is 0.586. The molecule has 54 valence electrons. The highest BCUT2D eigenvalue weighted by Gasteiger charge is 2.25. The largest absolute Gasteiger partial charge is 0.377 e. The number of piperidine rings is 1. The van der Waals surface area contributed by atoms with Crippen molar-refractivity contribution in [1.29, 1.82) is 0 Å². The Morgan fingerprint density at radius 3 is 2.50 bits per heavy atom. The lowest BCUT2D eigenvalue weighted by Gasteiger charge is -2.37. The Bertz CT molecular complexity index is 178. The Morgan fingerprint density at radius 2 is 2.20 bits per heavy atom. The molecule has 0 saturated carbocycles. The Kier molecular flexibility index (Phi) is 1.26. The summed E-state index contributed by atoms with van der Waals surface area (Å²) in [5.41, 5.74) is 1.01. The van der Waals surface area contributed by atoms with Crippen molar-refractivity contribution in [3.8, 4) is 0 Å². The quantitative estimate of drug-likeness (QED) is 0.498. The third-order valence-corrected chi connectivity index (χ3v) is 2.47. The van der Waals surface area contributed by atoms with Gasteiger partial charge >= 0.3 is 0 Å². The van der Waals surface area contributed by atoms with E-state index in [2.05, 4.69) is 4.90 Å². The van der Waals surface area contributed by atoms with E-state index < -0.39 is 0 Å². The van der Waals surface area contributed by atoms with Crippen molar-refractivity contribution in [2.45, 2.75) is 12.8 Å². The minimum atomic E-state index is 0.586. The smallest absolute Gasteiger partial charge is 0.147 e. The van der Waals surface area contributed by atoms with Gasteiger partial charge in [0, 0.05) is 24.9 Å². The maximum atomic E-state index is 10.5. The Balaban J connectivity index is 2.26. The van der Waals surface area contributed by atoms with Gasteiger partial charge < -0.3 is 4.90 Å². The van der Waals surface area contributed by atoms with Crippen molar-refractivity contribution in [1.82, 2.24) is 4.90 Å². The van der Waals surface area contributed by atoms with Crippen molar-refractivity contribution in [3.63, 3.8) is 0 Å². The zero-order chi connectivity index (χ0) is 6.97. The highest BCUT2D eigenvalue weighted by molar-refractivity contribution is 5.74. The Morgan fingerprint density at radius 1 is 1.50 bits per heavy atom. The summed E-state index contributed by atoms with van der Waals surface area (Å²) in [5, 5.41) is 0. The molecule has 3 rings (SSSR count). The minimum Gasteiger partial charge on any atom is -0.377 e. The maximum Gasteiger partial charge on any atom is 0.147 e. The van der Waals surface area contributed by atoms with Gasteiger partial charge in [-0.3, -0.25) is 4.79 Å². The fourth-order valence-electron chi connectivity index (χ4n) is 1.80. The van der Waals surface area contributed by atoms with E-state index in [1.807, 2.05) is 6.20 Å². The van der Waals surface area contributed by atoms with E-state index in [-0.39, 0.29) is 0 Å². The molecular weight excluding hydrogens is 126 g/mol. The number of aldehydes is 1. The number of nitrogens with zero attached hydrogens (tertiary/aromatic N) is 1. The first-order valence-electron chi connectivity index (χ1n) is 3.81. The number of carbonyl (C=O) groups excluding carboxylic acids is 1. The molecule has 0 N–H and O–H groups in total. The van der Waals surface area contributed by atoms with Crippen LogP contribution in [0, 0.1) is 5.92 Å². The molecule has 0 spiro atoms. The third kappa shape index (κ3) is 0.753. The molecule has 0 aromatic heterocycles. The SMILES string of the molecule is O=CC1=CN2CCC1CC2. The summed E-state index contributed by atoms with van der Waals surface area (Å²) in [6.45, 7) is 2.31. The monoisotopic (exact) mass is 137 g/mol. The van der Waals surface area contributed by atoms with Gasteiger partial charge in [-0.2, -0.15) is 0 Å². The van der Waals surface area contributed by atoms with Crippen LogP contribution in [0.4, 0.5) is 0 Å². The van der Waals surface area contributed by atoms with Gasteiger partial charge in [0.2, 0.25) is 0 Å². The average molecular weight is 137 g/mol. The molecule has 2 nitrogen and oxygen atoms in total. The molecule has 0 amide bonds. The molecule has 3 aliphatic rings. The first-order chi connectivity index (χ1) is 4.90. The number of fused-ring (bicyclic) bond motifs is 2. The van der Waals surface area contributed by atoms with Crippen molar-refractivity contribution < 1.29 is 4.79 Å². The van der Waals surface area contributed by atoms with Crippen LogP contribution in [0.5, 0.6) is 0 Å². The summed E-state index contributed by atoms with van der Waals surface area (Å²) < 4.78 is 0. The fourth-order valence-corrected chi connectivity index (χ4v) is 1.80. The predicted octanol–water partition coefficient (Wildman–Crippen LogP) is 0.795. The van der Waals surface area contributed by atoms with E-state index in [1.165, 1.54) is 12.8 Å². The van der Waals surface area contributed by atoms with Gasteiger partial charge in [-0.25, -0.2) is 0 Å². The molecule has 10 heavy (non-hydrogen) atoms. The van der Waals surface area contributed by atoms with Crippen LogP contribution < -0.4 is 0 Å². The molecule has 0 unspecified atom stereocenters. The second-order valence-corrected chi connectivity index (χ2v) is 3.06. The molecule has 0 atom stereocenters. The second kappa shape index (κ2) is 2.11. The highest BCUT2D eigenvalue weighted by atomic mass is 16.1. The summed E-state index contributed by atoms with van der Waals surface area (Å²) in [6, 6.07) is 0. The molecule has 0 radical (unpaired) electrons. The van der Waals surface area contributed by atoms with Crippen LogP contribution in [0.15, 0.2) is 11.8 Å². The van der Waals surface area contributed by atoms with Crippen LogP contribution in [-0.4, -0.2) is 24.3 Å². The fraction of sp³-hybridized carbons (Fsp3) is 0.625. The van der Waals surface area contributed by atoms with Crippen molar-refractivity contribution in [3.05, 3.63) is 11.8 Å². The maximum absolute atomic E-state index is 10.5. The molecule has 2 bridgehead atoms. The zero-order valence-electron chi connectivity index (χ0n) is 5.92. The van der Waals surface area contributed by atoms with Gasteiger partial charge in [-0.1, -0.05) is 0 Å². The van der Waals surface area contributed by atoms with E-state index in [9.17, 15) is 4.79 Å². The molecule has 0 aromatic carbocycles. The number of hydrogen-bond acceptors (Lipinski definition) is 2. The van der Waals surface area contributed by atoms with Gasteiger partial charge in [0.15, 0.2) is 0 Å². The molecule has 3 aliphatic heterocycles. The minimum absolute atomic E-state index is 0.586. The van der Waals surface area contributed by atoms with Gasteiger partial charge in [-0.05, 0) is 18.8 Å². The number of rotatable bonds is 1. The van der Waals surface area contributed by atoms with Crippen LogP contribution >= 0.6 is 0 Å². The summed E-state index contributed by atoms with van der Waals surface area (Å²) in [6.07, 6.45) is 5.40. The summed E-state index contributed by atoms with van der Waals surface area (Å²) in [4.78, 5) is 12.7. The van der Waals surface area contributed by atoms with E-state index in [4.69, 9.17) is 0 Å². The van der Waals surface area contributed by atoms with Gasteiger partial charge in [-0.15, -0.1) is 0 Å². The van der Waals surface area contributed by atoms with Crippen LogP contribution in [-0.2, 0) is 4.79 Å². The number of carbonyl (C=O) groups is 1. The molecule has 2 heteroatoms. The van der Waals surface area contributed by atoms with Crippen molar-refractivity contribution >= 4 is 6.29 Å². The second-order valence-electron chi connectivity index (χ2n) is 3.06. The first kappa shape index (κ1) is 5.96. The third-order valence-electron chi connectivity index (χ3n) is 2.47. The van der Waals surface area contributed by atoms with Gasteiger partial charge in [0.25, 0.3) is 0 Å². The van der Waals surface area contributed by atoms with Crippen LogP contribution in [0.1, 0.15) is 12.8 Å². The Hall–Kier alpha value is -0.790. The summed E-state index contributed by atoms with van der Waals surface area (Å²) in [7, 11) is 0. The van der Waals surface area contributed by atoms with E-state index in [0.717, 1.165) is 24.9 Å². The first-order valence-corrected chi connectivity index (χ1v) is 3.81. The van der Waals surface area contributed by atoms with Crippen LogP contribution in [0.2, 0.25) is 0 Å². The molecule has 1 fully saturated rings. The standard InChI is InChI=1S/C8H11NO/c10-6-8-5-9-3-1-7(8)2-4-9/h5-7H,1-4H2. The topological polar surface area (TPSA) is 20.3 Å². The number of allylic oxidation sites excluding steroid dienone is 1. The summed E-state index contributed by atoms with van der Waals surface area (Å²) >= 11 is 0. The Labute approximate surface area is 60.5 Å². The molecule has 3 heterocycles. The lowest BCUT2D eigenvalue weighted by Crippen LogP contribution is -2.36. The van der Waals surface area contributed by atoms with E-state index in [0.29, 0.717) is 5.92 Å². The average Bonchev–Trinajstić information content (AvgIpc) is 2.06. The molecule has 0 aliphatic carbocycles. The van der Waals surface area contributed by atoms with E-state index >= 15 is 0 Å². The van der Waals surface area contributed by atoms with Crippen molar-refractivity contribution in [2.24, 2.45) is 5.92 Å². The highest BCUT2D eigenvalue weighted by Crippen LogP contribution is 2.29. The normalized spacial score (nSPS) is 24.8. The van der Waals surface area contributed by atoms with Crippen LogP contribution in [0.25, 0.3) is 0 Å². The molecular formula is C8H11NO. The number of hydrogen-bond donors (Lipinski definition) is 0. The van der Waals surface area contributed by atoms with E-state index in [1.54, 1.807) is 0 Å². The zero-order valence-corrected chi connectivity index (χ0v) is 5.92. The van der Waals surface area contributed by atoms with Crippen molar-refractivity contribution in [2.75, 3.05) is 13.1 Å². The van der Waals surface area contributed by atoms with Gasteiger partial charge in [0.1, 0.15) is 6.29 Å². The van der Waals surface area contributed by atoms with Gasteiger partial charge in [0.05, 0.1) is 0 Å². The molecule has 0 aromatic rings. The lowest BCUT2D eigenvalue weighted by molar-refractivity contribution is -0.105. The van der Waals surface area contributed by atoms with Crippen LogP contribution in [0.3, 0.4) is 0 Å². The molecule has 1 saturated heterocycles. The predicted molar refractivity (Wildman–Crippen MR) is 38.4 cm³/mol.